The fourth-order valence-corrected chi connectivity index (χ4v) is 3.86. The maximum Gasteiger partial charge on any atom is 0.318 e. The molecule has 0 bridgehead atoms. The van der Waals surface area contributed by atoms with Crippen molar-refractivity contribution >= 4 is 49.4 Å². The summed E-state index contributed by atoms with van der Waals surface area (Å²) in [6, 6.07) is 12.2. The Hall–Kier alpha value is -0.840. The minimum Gasteiger partial charge on any atom is -0.480 e. The first-order chi connectivity index (χ1) is 10.5. The summed E-state index contributed by atoms with van der Waals surface area (Å²) in [5.74, 6) is -0.875. The largest absolute Gasteiger partial charge is 0.480 e. The van der Waals surface area contributed by atoms with E-state index in [0.29, 0.717) is 0 Å². The van der Waals surface area contributed by atoms with E-state index in [2.05, 4.69) is 50.1 Å². The maximum absolute atomic E-state index is 11.1. The molecule has 0 aromatic heterocycles. The van der Waals surface area contributed by atoms with Gasteiger partial charge in [-0.25, -0.2) is 0 Å². The van der Waals surface area contributed by atoms with E-state index in [0.717, 1.165) is 23.4 Å². The van der Waals surface area contributed by atoms with Crippen LogP contribution in [0.5, 0.6) is 0 Å². The quantitative estimate of drug-likeness (QED) is 0.645. The lowest BCUT2D eigenvalue weighted by Crippen LogP contribution is -2.18. The molecule has 2 nitrogen and oxygen atoms in total. The van der Waals surface area contributed by atoms with Crippen molar-refractivity contribution in [3.05, 3.63) is 58.1 Å². The number of hydrogen-bond acceptors (Lipinski definition) is 1. The lowest BCUT2D eigenvalue weighted by atomic mass is 9.84. The van der Waals surface area contributed by atoms with Gasteiger partial charge in [-0.05, 0) is 52.8 Å². The van der Waals surface area contributed by atoms with E-state index in [1.807, 2.05) is 18.2 Å². The molecule has 0 aliphatic heterocycles. The molecule has 0 radical (unpaired) electrons. The molecule has 22 heavy (non-hydrogen) atoms. The summed E-state index contributed by atoms with van der Waals surface area (Å²) in [6.07, 6.45) is 1.90. The van der Waals surface area contributed by atoms with Gasteiger partial charge in [-0.15, -0.1) is 0 Å². The topological polar surface area (TPSA) is 37.3 Å². The fraction of sp³-hybridized carbons (Fsp3) is 0.235. The number of rotatable bonds is 3. The molecule has 3 rings (SSSR count). The highest BCUT2D eigenvalue weighted by Gasteiger charge is 2.26. The summed E-state index contributed by atoms with van der Waals surface area (Å²) in [7, 11) is 0. The lowest BCUT2D eigenvalue weighted by molar-refractivity contribution is -0.136. The Balaban J connectivity index is 1.99. The van der Waals surface area contributed by atoms with Crippen molar-refractivity contribution in [3.8, 4) is 11.1 Å². The van der Waals surface area contributed by atoms with Crippen molar-refractivity contribution in [1.82, 2.24) is 0 Å². The highest BCUT2D eigenvalue weighted by atomic mass is 79.9. The van der Waals surface area contributed by atoms with Crippen LogP contribution in [0.25, 0.3) is 11.1 Å². The molecule has 0 fully saturated rings. The second-order valence-corrected chi connectivity index (χ2v) is 7.77. The monoisotopic (exact) mass is 442 g/mol. The van der Waals surface area contributed by atoms with Gasteiger partial charge in [0.15, 0.2) is 0 Å². The Kier molecular flexibility index (Phi) is 4.62. The molecule has 0 spiro atoms. The molecule has 1 aliphatic carbocycles. The average molecular weight is 445 g/mol. The highest BCUT2D eigenvalue weighted by molar-refractivity contribution is 9.12. The number of carbonyl (C=O) groups is 1. The molecule has 2 aromatic carbocycles. The summed E-state index contributed by atoms with van der Waals surface area (Å²) < 4.78 is 0. The third-order valence-corrected chi connectivity index (χ3v) is 6.88. The second kappa shape index (κ2) is 6.34. The van der Waals surface area contributed by atoms with E-state index < -0.39 is 10.8 Å². The van der Waals surface area contributed by atoms with Crippen LogP contribution < -0.4 is 0 Å². The summed E-state index contributed by atoms with van der Waals surface area (Å²) in [5.41, 5.74) is 5.93. The number of benzene rings is 2. The first-order valence-electron chi connectivity index (χ1n) is 6.90. The zero-order valence-corrected chi connectivity index (χ0v) is 15.5. The summed E-state index contributed by atoms with van der Waals surface area (Å²) in [6.45, 7) is 0. The molecule has 0 heterocycles. The van der Waals surface area contributed by atoms with Crippen LogP contribution in [-0.4, -0.2) is 15.9 Å². The van der Waals surface area contributed by atoms with Gasteiger partial charge in [0.2, 0.25) is 0 Å². The fourth-order valence-electron chi connectivity index (χ4n) is 2.85. The number of aliphatic carboxylic acids is 1. The van der Waals surface area contributed by atoms with Crippen molar-refractivity contribution < 1.29 is 9.90 Å². The van der Waals surface area contributed by atoms with E-state index >= 15 is 0 Å². The van der Waals surface area contributed by atoms with Crippen molar-refractivity contribution in [2.24, 2.45) is 0 Å². The van der Waals surface area contributed by atoms with E-state index in [1.54, 1.807) is 0 Å². The number of carboxylic acids is 1. The predicted molar refractivity (Wildman–Crippen MR) is 96.3 cm³/mol. The van der Waals surface area contributed by atoms with Crippen molar-refractivity contribution in [1.29, 1.82) is 0 Å². The van der Waals surface area contributed by atoms with Gasteiger partial charge in [0, 0.05) is 5.02 Å². The minimum absolute atomic E-state index is 0.262. The summed E-state index contributed by atoms with van der Waals surface area (Å²) in [4.78, 5) is 10.2. The molecular weight excluding hydrogens is 431 g/mol. The molecule has 2 atom stereocenters. The van der Waals surface area contributed by atoms with Crippen molar-refractivity contribution in [3.63, 3.8) is 0 Å². The number of halogens is 3. The predicted octanol–water partition coefficient (Wildman–Crippen LogP) is 5.39. The smallest absolute Gasteiger partial charge is 0.318 e. The molecule has 2 aromatic rings. The van der Waals surface area contributed by atoms with Gasteiger partial charge >= 0.3 is 5.97 Å². The molecule has 0 saturated carbocycles. The Labute approximate surface area is 150 Å². The van der Waals surface area contributed by atoms with E-state index in [-0.39, 0.29) is 4.83 Å². The van der Waals surface area contributed by atoms with E-state index in [4.69, 9.17) is 16.7 Å². The van der Waals surface area contributed by atoms with Gasteiger partial charge in [0.25, 0.3) is 0 Å². The molecule has 0 saturated heterocycles. The number of carboxylic acid groups (broad SMARTS) is 1. The van der Waals surface area contributed by atoms with Crippen LogP contribution in [0.4, 0.5) is 0 Å². The lowest BCUT2D eigenvalue weighted by Gasteiger charge is -2.22. The molecule has 114 valence electrons. The first-order valence-corrected chi connectivity index (χ1v) is 9.11. The van der Waals surface area contributed by atoms with Crippen LogP contribution in [0.1, 0.15) is 21.5 Å². The summed E-state index contributed by atoms with van der Waals surface area (Å²) >= 11 is 12.8. The number of alkyl halides is 2. The molecule has 1 aliphatic rings. The van der Waals surface area contributed by atoms with Crippen LogP contribution in [0.3, 0.4) is 0 Å². The second-order valence-electron chi connectivity index (χ2n) is 5.36. The minimum atomic E-state index is -0.875. The summed E-state index contributed by atoms with van der Waals surface area (Å²) in [5, 5.41) is 9.89. The van der Waals surface area contributed by atoms with Gasteiger partial charge in [-0.1, -0.05) is 67.7 Å². The van der Waals surface area contributed by atoms with E-state index in [9.17, 15) is 4.79 Å². The highest BCUT2D eigenvalue weighted by Crippen LogP contribution is 2.38. The average Bonchev–Trinajstić information content (AvgIpc) is 2.52. The van der Waals surface area contributed by atoms with Crippen LogP contribution in [0.15, 0.2) is 36.4 Å². The van der Waals surface area contributed by atoms with E-state index in [1.165, 1.54) is 22.3 Å². The zero-order chi connectivity index (χ0) is 15.9. The van der Waals surface area contributed by atoms with Crippen molar-refractivity contribution in [2.75, 3.05) is 0 Å². The van der Waals surface area contributed by atoms with Crippen LogP contribution in [0, 0.1) is 0 Å². The van der Waals surface area contributed by atoms with Crippen LogP contribution in [0.2, 0.25) is 5.02 Å². The molecule has 2 unspecified atom stereocenters. The number of fused-ring (bicyclic) bond motifs is 3. The standard InChI is InChI=1S/C17H13Br2ClO2/c18-15(16(19)17(21)22)11-3-5-13-9(7-11)1-2-10-8-12(20)4-6-14(10)13/h3-8,15-16H,1-2H2,(H,21,22). The Morgan fingerprint density at radius 1 is 1.05 bits per heavy atom. The van der Waals surface area contributed by atoms with Gasteiger partial charge in [-0.2, -0.15) is 0 Å². The van der Waals surface area contributed by atoms with Gasteiger partial charge in [0.1, 0.15) is 4.83 Å². The zero-order valence-electron chi connectivity index (χ0n) is 11.5. The molecule has 1 N–H and O–H groups in total. The Morgan fingerprint density at radius 2 is 1.64 bits per heavy atom. The molecule has 5 heteroatoms. The van der Waals surface area contributed by atoms with Crippen molar-refractivity contribution in [2.45, 2.75) is 22.5 Å². The van der Waals surface area contributed by atoms with Gasteiger partial charge < -0.3 is 5.11 Å². The normalized spacial score (nSPS) is 15.6. The maximum atomic E-state index is 11.1. The number of hydrogen-bond donors (Lipinski definition) is 1. The van der Waals surface area contributed by atoms with Gasteiger partial charge in [-0.3, -0.25) is 4.79 Å². The number of aryl methyl sites for hydroxylation is 2. The first kappa shape index (κ1) is 16.0. The molecular formula is C17H13Br2ClO2. The van der Waals surface area contributed by atoms with Crippen LogP contribution in [-0.2, 0) is 17.6 Å². The third-order valence-electron chi connectivity index (χ3n) is 3.96. The van der Waals surface area contributed by atoms with Gasteiger partial charge in [0.05, 0.1) is 4.83 Å². The Morgan fingerprint density at radius 3 is 2.27 bits per heavy atom. The molecule has 0 amide bonds. The van der Waals surface area contributed by atoms with Crippen LogP contribution >= 0.6 is 43.5 Å². The third kappa shape index (κ3) is 2.97. The SMILES string of the molecule is O=C(O)C(Br)C(Br)c1ccc2c(c1)CCc1cc(Cl)ccc1-2. The Bertz CT molecular complexity index is 745.